The lowest BCUT2D eigenvalue weighted by atomic mass is 9.81. The van der Waals surface area contributed by atoms with E-state index in [9.17, 15) is 4.79 Å². The van der Waals surface area contributed by atoms with Crippen molar-refractivity contribution >= 4 is 11.6 Å². The van der Waals surface area contributed by atoms with E-state index >= 15 is 0 Å². The third kappa shape index (κ3) is 2.80. The standard InChI is InChI=1S/C20H23NO4/c1-11-7-6-8-13(12(11)2)14-9-17(22)21-15-10-16(23-3)19(24-4)20(25-5)18(14)15/h6-8,10,14H,9H2,1-5H3,(H,21,22). The second kappa shape index (κ2) is 6.67. The molecule has 3 rings (SSSR count). The van der Waals surface area contributed by atoms with Crippen LogP contribution in [0.3, 0.4) is 0 Å². The molecule has 1 amide bonds. The highest BCUT2D eigenvalue weighted by atomic mass is 16.5. The molecule has 0 spiro atoms. The number of nitrogens with one attached hydrogen (secondary N) is 1. The Balaban J connectivity index is 2.29. The first-order valence-electron chi connectivity index (χ1n) is 8.20. The quantitative estimate of drug-likeness (QED) is 0.919. The molecule has 5 nitrogen and oxygen atoms in total. The molecule has 5 heteroatoms. The van der Waals surface area contributed by atoms with E-state index in [-0.39, 0.29) is 11.8 Å². The van der Waals surface area contributed by atoms with Crippen LogP contribution in [0.15, 0.2) is 24.3 Å². The Bertz CT molecular complexity index is 829. The number of aryl methyl sites for hydroxylation is 1. The number of benzene rings is 2. The van der Waals surface area contributed by atoms with Gasteiger partial charge in [0.1, 0.15) is 0 Å². The minimum absolute atomic E-state index is 0.0207. The number of rotatable bonds is 4. The van der Waals surface area contributed by atoms with Crippen LogP contribution in [0.25, 0.3) is 0 Å². The number of carbonyl (C=O) groups is 1. The van der Waals surface area contributed by atoms with Crippen molar-refractivity contribution in [2.24, 2.45) is 0 Å². The number of hydrogen-bond acceptors (Lipinski definition) is 4. The van der Waals surface area contributed by atoms with Gasteiger partial charge in [-0.2, -0.15) is 0 Å². The van der Waals surface area contributed by atoms with Crippen molar-refractivity contribution < 1.29 is 19.0 Å². The van der Waals surface area contributed by atoms with E-state index in [1.54, 1.807) is 27.4 Å². The Kier molecular flexibility index (Phi) is 4.57. The summed E-state index contributed by atoms with van der Waals surface area (Å²) >= 11 is 0. The molecule has 132 valence electrons. The Morgan fingerprint density at radius 1 is 1.04 bits per heavy atom. The van der Waals surface area contributed by atoms with Crippen LogP contribution < -0.4 is 19.5 Å². The van der Waals surface area contributed by atoms with Gasteiger partial charge >= 0.3 is 0 Å². The zero-order valence-corrected chi connectivity index (χ0v) is 15.2. The maximum Gasteiger partial charge on any atom is 0.225 e. The Morgan fingerprint density at radius 2 is 1.76 bits per heavy atom. The summed E-state index contributed by atoms with van der Waals surface area (Å²) in [7, 11) is 4.76. The maximum absolute atomic E-state index is 12.3. The van der Waals surface area contributed by atoms with Crippen molar-refractivity contribution in [1.82, 2.24) is 0 Å². The summed E-state index contributed by atoms with van der Waals surface area (Å²) in [6.07, 6.45) is 0.364. The molecule has 0 aromatic heterocycles. The van der Waals surface area contributed by atoms with Crippen LogP contribution in [0.5, 0.6) is 17.2 Å². The zero-order valence-electron chi connectivity index (χ0n) is 15.2. The molecule has 0 saturated carbocycles. The molecular weight excluding hydrogens is 318 g/mol. The average molecular weight is 341 g/mol. The van der Waals surface area contributed by atoms with E-state index in [1.165, 1.54) is 11.1 Å². The van der Waals surface area contributed by atoms with Crippen LogP contribution in [-0.4, -0.2) is 27.2 Å². The molecule has 1 aliphatic heterocycles. The fourth-order valence-corrected chi connectivity index (χ4v) is 3.53. The predicted molar refractivity (Wildman–Crippen MR) is 97.1 cm³/mol. The minimum Gasteiger partial charge on any atom is -0.493 e. The topological polar surface area (TPSA) is 56.8 Å². The van der Waals surface area contributed by atoms with Crippen LogP contribution in [0, 0.1) is 13.8 Å². The number of ether oxygens (including phenoxy) is 3. The van der Waals surface area contributed by atoms with Crippen LogP contribution in [0.4, 0.5) is 5.69 Å². The molecular formula is C20H23NO4. The SMILES string of the molecule is COc1cc2c(c(OC)c1OC)C(c1cccc(C)c1C)CC(=O)N2. The third-order valence-corrected chi connectivity index (χ3v) is 4.90. The van der Waals surface area contributed by atoms with Crippen molar-refractivity contribution in [3.8, 4) is 17.2 Å². The highest BCUT2D eigenvalue weighted by molar-refractivity contribution is 5.97. The normalized spacial score (nSPS) is 16.0. The molecule has 0 saturated heterocycles. The number of methoxy groups -OCH3 is 3. The average Bonchev–Trinajstić information content (AvgIpc) is 2.61. The fourth-order valence-electron chi connectivity index (χ4n) is 3.53. The van der Waals surface area contributed by atoms with E-state index in [0.717, 1.165) is 11.1 Å². The molecule has 0 radical (unpaired) electrons. The van der Waals surface area contributed by atoms with Crippen LogP contribution in [0.1, 0.15) is 34.6 Å². The van der Waals surface area contributed by atoms with Crippen molar-refractivity contribution in [3.63, 3.8) is 0 Å². The second-order valence-electron chi connectivity index (χ2n) is 6.20. The fraction of sp³-hybridized carbons (Fsp3) is 0.350. The second-order valence-corrected chi connectivity index (χ2v) is 6.20. The molecule has 25 heavy (non-hydrogen) atoms. The maximum atomic E-state index is 12.3. The summed E-state index contributed by atoms with van der Waals surface area (Å²) in [5, 5.41) is 2.94. The number of anilines is 1. The predicted octanol–water partition coefficient (Wildman–Crippen LogP) is 3.80. The molecule has 0 aliphatic carbocycles. The first-order chi connectivity index (χ1) is 12.0. The van der Waals surface area contributed by atoms with Gasteiger partial charge in [-0.3, -0.25) is 4.79 Å². The van der Waals surface area contributed by atoms with Crippen molar-refractivity contribution in [1.29, 1.82) is 0 Å². The molecule has 0 bridgehead atoms. The van der Waals surface area contributed by atoms with E-state index in [2.05, 4.69) is 31.3 Å². The Labute approximate surface area is 147 Å². The highest BCUT2D eigenvalue weighted by Gasteiger charge is 2.34. The number of amides is 1. The molecule has 1 aliphatic rings. The van der Waals surface area contributed by atoms with Crippen molar-refractivity contribution in [3.05, 3.63) is 46.5 Å². The summed E-state index contributed by atoms with van der Waals surface area (Å²) < 4.78 is 16.6. The smallest absolute Gasteiger partial charge is 0.225 e. The van der Waals surface area contributed by atoms with Gasteiger partial charge in [0.15, 0.2) is 11.5 Å². The van der Waals surface area contributed by atoms with Crippen LogP contribution >= 0.6 is 0 Å². The molecule has 2 aromatic rings. The number of carbonyl (C=O) groups excluding carboxylic acids is 1. The summed E-state index contributed by atoms with van der Waals surface area (Å²) in [6, 6.07) is 7.98. The number of fused-ring (bicyclic) bond motifs is 1. The first kappa shape index (κ1) is 17.1. The molecule has 1 N–H and O–H groups in total. The van der Waals surface area contributed by atoms with Crippen molar-refractivity contribution in [2.75, 3.05) is 26.6 Å². The van der Waals surface area contributed by atoms with Gasteiger partial charge in [0.05, 0.1) is 27.0 Å². The largest absolute Gasteiger partial charge is 0.493 e. The van der Waals surface area contributed by atoms with Crippen LogP contribution in [-0.2, 0) is 4.79 Å². The summed E-state index contributed by atoms with van der Waals surface area (Å²) in [5.74, 6) is 1.55. The van der Waals surface area contributed by atoms with Gasteiger partial charge in [-0.25, -0.2) is 0 Å². The Morgan fingerprint density at radius 3 is 2.40 bits per heavy atom. The Hall–Kier alpha value is -2.69. The molecule has 1 unspecified atom stereocenters. The molecule has 2 aromatic carbocycles. The molecule has 1 heterocycles. The lowest BCUT2D eigenvalue weighted by Gasteiger charge is -2.30. The monoisotopic (exact) mass is 341 g/mol. The van der Waals surface area contributed by atoms with E-state index < -0.39 is 0 Å². The highest BCUT2D eigenvalue weighted by Crippen LogP contribution is 2.51. The van der Waals surface area contributed by atoms with Gasteiger partial charge in [0, 0.05) is 24.0 Å². The van der Waals surface area contributed by atoms with E-state index in [1.807, 2.05) is 6.07 Å². The summed E-state index contributed by atoms with van der Waals surface area (Å²) in [6.45, 7) is 4.17. The third-order valence-electron chi connectivity index (χ3n) is 4.90. The molecule has 0 fully saturated rings. The van der Waals surface area contributed by atoms with Gasteiger partial charge in [-0.05, 0) is 30.5 Å². The zero-order chi connectivity index (χ0) is 18.1. The van der Waals surface area contributed by atoms with Crippen LogP contribution in [0.2, 0.25) is 0 Å². The van der Waals surface area contributed by atoms with Gasteiger partial charge in [0.25, 0.3) is 0 Å². The summed E-state index contributed by atoms with van der Waals surface area (Å²) in [5.41, 5.74) is 5.14. The summed E-state index contributed by atoms with van der Waals surface area (Å²) in [4.78, 5) is 12.3. The van der Waals surface area contributed by atoms with Crippen molar-refractivity contribution in [2.45, 2.75) is 26.2 Å². The van der Waals surface area contributed by atoms with E-state index in [0.29, 0.717) is 29.4 Å². The number of hydrogen-bond donors (Lipinski definition) is 1. The van der Waals surface area contributed by atoms with E-state index in [4.69, 9.17) is 14.2 Å². The minimum atomic E-state index is -0.0987. The first-order valence-corrected chi connectivity index (χ1v) is 8.20. The van der Waals surface area contributed by atoms with Gasteiger partial charge in [-0.15, -0.1) is 0 Å². The lowest BCUT2D eigenvalue weighted by Crippen LogP contribution is -2.25. The van der Waals surface area contributed by atoms with Gasteiger partial charge < -0.3 is 19.5 Å². The molecule has 1 atom stereocenters. The van der Waals surface area contributed by atoms with Gasteiger partial charge in [0.2, 0.25) is 11.7 Å². The van der Waals surface area contributed by atoms with Gasteiger partial charge in [-0.1, -0.05) is 18.2 Å². The lowest BCUT2D eigenvalue weighted by molar-refractivity contribution is -0.116.